The smallest absolute Gasteiger partial charge is 0.152 e. The van der Waals surface area contributed by atoms with E-state index < -0.39 is 9.84 Å². The molecule has 0 aromatic heterocycles. The second-order valence-electron chi connectivity index (χ2n) is 4.80. The molecule has 1 saturated heterocycles. The highest BCUT2D eigenvalue weighted by Crippen LogP contribution is 2.16. The Morgan fingerprint density at radius 1 is 1.29 bits per heavy atom. The van der Waals surface area contributed by atoms with Gasteiger partial charge >= 0.3 is 0 Å². The van der Waals surface area contributed by atoms with Crippen molar-refractivity contribution in [1.82, 2.24) is 4.90 Å². The Kier molecular flexibility index (Phi) is 3.55. The molecule has 14 heavy (non-hydrogen) atoms. The van der Waals surface area contributed by atoms with E-state index in [1.54, 1.807) is 0 Å². The van der Waals surface area contributed by atoms with E-state index in [2.05, 4.69) is 18.7 Å². The van der Waals surface area contributed by atoms with Crippen LogP contribution in [0.4, 0.5) is 0 Å². The third-order valence-electron chi connectivity index (χ3n) is 2.64. The number of nitrogens with zero attached hydrogens (tertiary/aromatic N) is 1. The van der Waals surface area contributed by atoms with Gasteiger partial charge in [-0.15, -0.1) is 0 Å². The van der Waals surface area contributed by atoms with E-state index >= 15 is 0 Å². The molecular weight excluding hydrogens is 200 g/mol. The first-order valence-corrected chi connectivity index (χ1v) is 6.80. The summed E-state index contributed by atoms with van der Waals surface area (Å²) in [6, 6.07) is 0. The minimum absolute atomic E-state index is 0.0844. The summed E-state index contributed by atoms with van der Waals surface area (Å²) in [7, 11) is -2.75. The standard InChI is InChI=1S/C9H20N2O2S/c1-9(2,7-10)8-11-3-5-14(12,13)6-4-11/h3-8,10H2,1-2H3. The lowest BCUT2D eigenvalue weighted by atomic mass is 9.93. The molecular formula is C9H20N2O2S. The second kappa shape index (κ2) is 4.16. The highest BCUT2D eigenvalue weighted by molar-refractivity contribution is 7.91. The molecule has 1 rings (SSSR count). The summed E-state index contributed by atoms with van der Waals surface area (Å²) in [6.07, 6.45) is 0. The van der Waals surface area contributed by atoms with E-state index in [9.17, 15) is 8.42 Å². The molecule has 2 N–H and O–H groups in total. The van der Waals surface area contributed by atoms with Gasteiger partial charge in [-0.2, -0.15) is 0 Å². The molecule has 0 aromatic carbocycles. The van der Waals surface area contributed by atoms with Gasteiger partial charge in [-0.1, -0.05) is 13.8 Å². The number of nitrogens with two attached hydrogens (primary N) is 1. The number of sulfone groups is 1. The zero-order valence-corrected chi connectivity index (χ0v) is 9.81. The van der Waals surface area contributed by atoms with Crippen molar-refractivity contribution in [3.05, 3.63) is 0 Å². The summed E-state index contributed by atoms with van der Waals surface area (Å²) >= 11 is 0. The summed E-state index contributed by atoms with van der Waals surface area (Å²) in [5.41, 5.74) is 5.72. The molecule has 0 unspecified atom stereocenters. The Bertz CT molecular complexity index is 271. The summed E-state index contributed by atoms with van der Waals surface area (Å²) in [6.45, 7) is 7.05. The maximum absolute atomic E-state index is 11.2. The van der Waals surface area contributed by atoms with Crippen molar-refractivity contribution in [2.75, 3.05) is 37.7 Å². The molecule has 0 aliphatic carbocycles. The lowest BCUT2D eigenvalue weighted by molar-refractivity contribution is 0.194. The Labute approximate surface area is 86.4 Å². The van der Waals surface area contributed by atoms with Gasteiger partial charge in [-0.25, -0.2) is 8.42 Å². The largest absolute Gasteiger partial charge is 0.330 e. The molecule has 0 saturated carbocycles. The number of rotatable bonds is 3. The third kappa shape index (κ3) is 3.55. The van der Waals surface area contributed by atoms with Crippen LogP contribution in [-0.2, 0) is 9.84 Å². The third-order valence-corrected chi connectivity index (χ3v) is 4.25. The fourth-order valence-corrected chi connectivity index (χ4v) is 2.86. The summed E-state index contributed by atoms with van der Waals surface area (Å²) in [5.74, 6) is 0.599. The van der Waals surface area contributed by atoms with Crippen molar-refractivity contribution in [3.63, 3.8) is 0 Å². The summed E-state index contributed by atoms with van der Waals surface area (Å²) in [5, 5.41) is 0. The fourth-order valence-electron chi connectivity index (χ4n) is 1.58. The van der Waals surface area contributed by atoms with Gasteiger partial charge in [0.15, 0.2) is 9.84 Å². The molecule has 0 aromatic rings. The van der Waals surface area contributed by atoms with Crippen LogP contribution < -0.4 is 5.73 Å². The maximum atomic E-state index is 11.2. The van der Waals surface area contributed by atoms with Crippen LogP contribution in [0, 0.1) is 5.41 Å². The lowest BCUT2D eigenvalue weighted by Crippen LogP contribution is -2.46. The zero-order chi connectivity index (χ0) is 10.8. The van der Waals surface area contributed by atoms with Crippen molar-refractivity contribution in [2.45, 2.75) is 13.8 Å². The molecule has 0 bridgehead atoms. The van der Waals surface area contributed by atoms with Crippen LogP contribution in [0.3, 0.4) is 0 Å². The zero-order valence-electron chi connectivity index (χ0n) is 8.99. The lowest BCUT2D eigenvalue weighted by Gasteiger charge is -2.33. The first-order valence-electron chi connectivity index (χ1n) is 4.97. The Morgan fingerprint density at radius 2 is 1.79 bits per heavy atom. The molecule has 4 nitrogen and oxygen atoms in total. The van der Waals surface area contributed by atoms with Gasteiger partial charge in [0.2, 0.25) is 0 Å². The minimum Gasteiger partial charge on any atom is -0.330 e. The highest BCUT2D eigenvalue weighted by atomic mass is 32.2. The quantitative estimate of drug-likeness (QED) is 0.709. The Morgan fingerprint density at radius 3 is 2.21 bits per heavy atom. The van der Waals surface area contributed by atoms with E-state index in [0.29, 0.717) is 31.1 Å². The molecule has 84 valence electrons. The van der Waals surface area contributed by atoms with Gasteiger partial charge in [0, 0.05) is 19.6 Å². The van der Waals surface area contributed by atoms with Crippen molar-refractivity contribution in [2.24, 2.45) is 11.1 Å². The molecule has 0 radical (unpaired) electrons. The second-order valence-corrected chi connectivity index (χ2v) is 7.10. The van der Waals surface area contributed by atoms with Gasteiger partial charge in [0.05, 0.1) is 11.5 Å². The highest BCUT2D eigenvalue weighted by Gasteiger charge is 2.26. The SMILES string of the molecule is CC(C)(CN)CN1CCS(=O)(=O)CC1. The van der Waals surface area contributed by atoms with Gasteiger partial charge in [0.25, 0.3) is 0 Å². The van der Waals surface area contributed by atoms with Crippen molar-refractivity contribution in [3.8, 4) is 0 Å². The first-order chi connectivity index (χ1) is 6.35. The van der Waals surface area contributed by atoms with E-state index in [-0.39, 0.29) is 5.41 Å². The Hall–Kier alpha value is -0.130. The van der Waals surface area contributed by atoms with Crippen LogP contribution in [0.25, 0.3) is 0 Å². The monoisotopic (exact) mass is 220 g/mol. The van der Waals surface area contributed by atoms with Gasteiger partial charge in [-0.05, 0) is 12.0 Å². The predicted molar refractivity (Wildman–Crippen MR) is 57.9 cm³/mol. The molecule has 0 spiro atoms. The molecule has 1 aliphatic heterocycles. The molecule has 0 atom stereocenters. The van der Waals surface area contributed by atoms with E-state index in [0.717, 1.165) is 6.54 Å². The molecule has 1 fully saturated rings. The van der Waals surface area contributed by atoms with Crippen LogP contribution in [0.5, 0.6) is 0 Å². The topological polar surface area (TPSA) is 63.4 Å². The van der Waals surface area contributed by atoms with E-state index in [1.807, 2.05) is 0 Å². The van der Waals surface area contributed by atoms with Gasteiger partial charge < -0.3 is 10.6 Å². The number of hydrogen-bond donors (Lipinski definition) is 1. The van der Waals surface area contributed by atoms with Crippen molar-refractivity contribution < 1.29 is 8.42 Å². The van der Waals surface area contributed by atoms with E-state index in [1.165, 1.54) is 0 Å². The first kappa shape index (κ1) is 11.9. The molecule has 5 heteroatoms. The predicted octanol–water partition coefficient (Wildman–Crippen LogP) is -0.298. The van der Waals surface area contributed by atoms with Crippen LogP contribution in [-0.4, -0.2) is 51.0 Å². The van der Waals surface area contributed by atoms with Gasteiger partial charge in [-0.3, -0.25) is 0 Å². The molecule has 0 amide bonds. The Balaban J connectivity index is 2.44. The summed E-state index contributed by atoms with van der Waals surface area (Å²) in [4.78, 5) is 2.19. The van der Waals surface area contributed by atoms with E-state index in [4.69, 9.17) is 5.73 Å². The fraction of sp³-hybridized carbons (Fsp3) is 1.00. The number of hydrogen-bond acceptors (Lipinski definition) is 4. The van der Waals surface area contributed by atoms with Crippen molar-refractivity contribution >= 4 is 9.84 Å². The van der Waals surface area contributed by atoms with Crippen LogP contribution >= 0.6 is 0 Å². The molecule has 1 aliphatic rings. The van der Waals surface area contributed by atoms with Crippen LogP contribution in [0.15, 0.2) is 0 Å². The summed E-state index contributed by atoms with van der Waals surface area (Å²) < 4.78 is 22.4. The average Bonchev–Trinajstić information content (AvgIpc) is 2.09. The van der Waals surface area contributed by atoms with Crippen molar-refractivity contribution in [1.29, 1.82) is 0 Å². The normalized spacial score (nSPS) is 23.6. The molecule has 1 heterocycles. The van der Waals surface area contributed by atoms with Gasteiger partial charge in [0.1, 0.15) is 0 Å². The average molecular weight is 220 g/mol. The van der Waals surface area contributed by atoms with Crippen LogP contribution in [0.1, 0.15) is 13.8 Å². The maximum Gasteiger partial charge on any atom is 0.152 e. The van der Waals surface area contributed by atoms with Crippen LogP contribution in [0.2, 0.25) is 0 Å². The minimum atomic E-state index is -2.75.